The van der Waals surface area contributed by atoms with E-state index in [4.69, 9.17) is 5.73 Å². The molecule has 3 N–H and O–H groups in total. The molecule has 0 radical (unpaired) electrons. The Kier molecular flexibility index (Phi) is 4.42. The third-order valence-corrected chi connectivity index (χ3v) is 5.60. The van der Waals surface area contributed by atoms with E-state index >= 15 is 0 Å². The highest BCUT2D eigenvalue weighted by Gasteiger charge is 2.21. The first-order chi connectivity index (χ1) is 13.7. The zero-order chi connectivity index (χ0) is 20.8. The highest BCUT2D eigenvalue weighted by atomic mass is 32.2. The van der Waals surface area contributed by atoms with E-state index in [-0.39, 0.29) is 5.69 Å². The molecular weight excluding hydrogens is 401 g/mol. The minimum atomic E-state index is -4.30. The normalized spacial score (nSPS) is 11.7. The zero-order valence-corrected chi connectivity index (χ0v) is 15.8. The van der Waals surface area contributed by atoms with Gasteiger partial charge < -0.3 is 5.73 Å². The molecule has 0 saturated heterocycles. The Morgan fingerprint density at radius 2 is 1.86 bits per heavy atom. The molecule has 0 spiro atoms. The number of nitrogen functional groups attached to an aromatic ring is 1. The predicted octanol–water partition coefficient (Wildman–Crippen LogP) is 0.711. The highest BCUT2D eigenvalue weighted by Crippen LogP contribution is 2.23. The van der Waals surface area contributed by atoms with Crippen molar-refractivity contribution >= 4 is 40.6 Å². The second kappa shape index (κ2) is 6.81. The molecular formula is C17H13BF2N6O2S. The van der Waals surface area contributed by atoms with Gasteiger partial charge in [-0.3, -0.25) is 9.71 Å². The Hall–Kier alpha value is -3.54. The number of nitrogens with zero attached hydrogens (tertiary/aromatic N) is 4. The summed E-state index contributed by atoms with van der Waals surface area (Å²) in [7, 11) is -2.71. The number of pyridine rings is 1. The first kappa shape index (κ1) is 18.8. The summed E-state index contributed by atoms with van der Waals surface area (Å²) in [5, 5.41) is 4.36. The Labute approximate surface area is 164 Å². The van der Waals surface area contributed by atoms with Crippen molar-refractivity contribution in [1.29, 1.82) is 0 Å². The van der Waals surface area contributed by atoms with E-state index in [1.807, 2.05) is 0 Å². The Bertz CT molecular complexity index is 1360. The van der Waals surface area contributed by atoms with Crippen LogP contribution in [0.4, 0.5) is 20.3 Å². The summed E-state index contributed by atoms with van der Waals surface area (Å²) in [4.78, 5) is 7.60. The SMILES string of the molecule is Bc1ncc(-c2ccc3ncc(N)n3n2)cc1NS(=O)(=O)c1ccc(F)cc1F. The average molecular weight is 414 g/mol. The third-order valence-electron chi connectivity index (χ3n) is 4.20. The maximum Gasteiger partial charge on any atom is 0.264 e. The molecule has 0 saturated carbocycles. The van der Waals surface area contributed by atoms with E-state index in [1.165, 1.54) is 23.0 Å². The smallest absolute Gasteiger partial charge is 0.264 e. The number of nitrogens with two attached hydrogens (primary N) is 1. The standard InChI is InChI=1S/C17H13BF2N6O2S/c18-17-13(25-29(27,28)14-3-1-10(19)6-11(14)20)5-9(7-23-17)12-2-4-16-22-8-15(21)26(16)24-12/h1-8,25H,18,21H2. The van der Waals surface area contributed by atoms with Gasteiger partial charge in [-0.25, -0.2) is 22.2 Å². The quantitative estimate of drug-likeness (QED) is 0.476. The zero-order valence-electron chi connectivity index (χ0n) is 15.0. The van der Waals surface area contributed by atoms with E-state index in [0.29, 0.717) is 34.4 Å². The first-order valence-corrected chi connectivity index (χ1v) is 9.78. The van der Waals surface area contributed by atoms with Crippen LogP contribution in [0.5, 0.6) is 0 Å². The number of fused-ring (bicyclic) bond motifs is 1. The fourth-order valence-electron chi connectivity index (χ4n) is 2.71. The van der Waals surface area contributed by atoms with Gasteiger partial charge in [0.2, 0.25) is 0 Å². The molecule has 3 aromatic heterocycles. The van der Waals surface area contributed by atoms with Crippen LogP contribution in [0.2, 0.25) is 0 Å². The molecule has 12 heteroatoms. The summed E-state index contributed by atoms with van der Waals surface area (Å²) >= 11 is 0. The molecule has 1 aromatic carbocycles. The fraction of sp³-hybridized carbons (Fsp3) is 0. The molecule has 0 unspecified atom stereocenters. The number of sulfonamides is 1. The number of benzene rings is 1. The lowest BCUT2D eigenvalue weighted by molar-refractivity contribution is 0.551. The van der Waals surface area contributed by atoms with Crippen LogP contribution >= 0.6 is 0 Å². The number of imidazole rings is 1. The molecule has 8 nitrogen and oxygen atoms in total. The molecule has 4 aromatic rings. The van der Waals surface area contributed by atoms with Gasteiger partial charge in [0.15, 0.2) is 13.5 Å². The fourth-order valence-corrected chi connectivity index (χ4v) is 3.88. The van der Waals surface area contributed by atoms with Crippen molar-refractivity contribution in [3.63, 3.8) is 0 Å². The minimum absolute atomic E-state index is 0.131. The van der Waals surface area contributed by atoms with E-state index in [0.717, 1.165) is 12.1 Å². The van der Waals surface area contributed by atoms with E-state index in [2.05, 4.69) is 19.8 Å². The van der Waals surface area contributed by atoms with E-state index < -0.39 is 26.6 Å². The largest absolute Gasteiger partial charge is 0.382 e. The Morgan fingerprint density at radius 3 is 2.62 bits per heavy atom. The van der Waals surface area contributed by atoms with Crippen LogP contribution in [0, 0.1) is 11.6 Å². The molecule has 0 fully saturated rings. The Balaban J connectivity index is 1.74. The van der Waals surface area contributed by atoms with Gasteiger partial charge in [0.25, 0.3) is 10.0 Å². The lowest BCUT2D eigenvalue weighted by Gasteiger charge is -2.12. The van der Waals surface area contributed by atoms with Gasteiger partial charge in [-0.05, 0) is 30.3 Å². The summed E-state index contributed by atoms with van der Waals surface area (Å²) in [5.41, 5.74) is 7.85. The van der Waals surface area contributed by atoms with Crippen molar-refractivity contribution in [2.24, 2.45) is 0 Å². The molecule has 0 amide bonds. The van der Waals surface area contributed by atoms with Gasteiger partial charge in [0.05, 0.1) is 17.6 Å². The van der Waals surface area contributed by atoms with Crippen LogP contribution in [-0.4, -0.2) is 35.8 Å². The predicted molar refractivity (Wildman–Crippen MR) is 106 cm³/mol. The number of halogens is 2. The van der Waals surface area contributed by atoms with Crippen LogP contribution in [0.15, 0.2) is 53.7 Å². The maximum absolute atomic E-state index is 13.9. The van der Waals surface area contributed by atoms with Crippen LogP contribution in [0.1, 0.15) is 0 Å². The highest BCUT2D eigenvalue weighted by molar-refractivity contribution is 7.92. The topological polar surface area (TPSA) is 115 Å². The molecule has 0 atom stereocenters. The van der Waals surface area contributed by atoms with E-state index in [1.54, 1.807) is 20.0 Å². The molecule has 0 aliphatic rings. The monoisotopic (exact) mass is 414 g/mol. The summed E-state index contributed by atoms with van der Waals surface area (Å²) in [6.45, 7) is 0. The maximum atomic E-state index is 13.9. The summed E-state index contributed by atoms with van der Waals surface area (Å²) in [5.74, 6) is -1.72. The minimum Gasteiger partial charge on any atom is -0.382 e. The van der Waals surface area contributed by atoms with Crippen molar-refractivity contribution in [1.82, 2.24) is 19.6 Å². The molecule has 3 heterocycles. The number of hydrogen-bond donors (Lipinski definition) is 2. The van der Waals surface area contributed by atoms with Gasteiger partial charge in [0.1, 0.15) is 22.3 Å². The number of nitrogens with one attached hydrogen (secondary N) is 1. The van der Waals surface area contributed by atoms with Crippen molar-refractivity contribution in [2.45, 2.75) is 4.90 Å². The van der Waals surface area contributed by atoms with Gasteiger partial charge in [-0.2, -0.15) is 9.61 Å². The first-order valence-electron chi connectivity index (χ1n) is 8.30. The van der Waals surface area contributed by atoms with Gasteiger partial charge in [0, 0.05) is 23.4 Å². The van der Waals surface area contributed by atoms with Crippen LogP contribution in [0.3, 0.4) is 0 Å². The van der Waals surface area contributed by atoms with Crippen LogP contribution in [-0.2, 0) is 10.0 Å². The van der Waals surface area contributed by atoms with Crippen molar-refractivity contribution in [3.8, 4) is 11.3 Å². The number of rotatable bonds is 4. The van der Waals surface area contributed by atoms with Crippen molar-refractivity contribution in [3.05, 3.63) is 60.4 Å². The Morgan fingerprint density at radius 1 is 1.07 bits per heavy atom. The average Bonchev–Trinajstić information content (AvgIpc) is 3.03. The van der Waals surface area contributed by atoms with E-state index in [9.17, 15) is 17.2 Å². The second-order valence-corrected chi connectivity index (χ2v) is 7.86. The molecule has 4 rings (SSSR count). The van der Waals surface area contributed by atoms with Gasteiger partial charge in [-0.15, -0.1) is 0 Å². The molecule has 0 bridgehead atoms. The lowest BCUT2D eigenvalue weighted by Crippen LogP contribution is -2.22. The number of aromatic nitrogens is 4. The third kappa shape index (κ3) is 3.49. The molecule has 29 heavy (non-hydrogen) atoms. The lowest BCUT2D eigenvalue weighted by atomic mass is 10.0. The molecule has 146 valence electrons. The van der Waals surface area contributed by atoms with Crippen LogP contribution in [0.25, 0.3) is 16.9 Å². The summed E-state index contributed by atoms with van der Waals surface area (Å²) in [6, 6.07) is 7.14. The van der Waals surface area contributed by atoms with Crippen molar-refractivity contribution < 1.29 is 17.2 Å². The van der Waals surface area contributed by atoms with Crippen LogP contribution < -0.4 is 16.0 Å². The van der Waals surface area contributed by atoms with Crippen molar-refractivity contribution in [2.75, 3.05) is 10.5 Å². The molecule has 0 aliphatic heterocycles. The second-order valence-electron chi connectivity index (χ2n) is 6.21. The number of anilines is 2. The summed E-state index contributed by atoms with van der Waals surface area (Å²) in [6.07, 6.45) is 2.99. The van der Waals surface area contributed by atoms with Gasteiger partial charge >= 0.3 is 0 Å². The number of hydrogen-bond acceptors (Lipinski definition) is 6. The molecule has 0 aliphatic carbocycles. The van der Waals surface area contributed by atoms with Gasteiger partial charge in [-0.1, -0.05) is 0 Å². The summed E-state index contributed by atoms with van der Waals surface area (Å²) < 4.78 is 55.9.